The van der Waals surface area contributed by atoms with E-state index in [1.807, 2.05) is 0 Å². The first-order valence-electron chi connectivity index (χ1n) is 4.66. The summed E-state index contributed by atoms with van der Waals surface area (Å²) >= 11 is 4.40. The molecule has 0 aliphatic heterocycles. The van der Waals surface area contributed by atoms with E-state index in [9.17, 15) is 0 Å². The first-order chi connectivity index (χ1) is 5.25. The van der Waals surface area contributed by atoms with Gasteiger partial charge in [0.1, 0.15) is 0 Å². The fraction of sp³-hybridized carbons (Fsp3) is 1.00. The molecule has 0 aromatic rings. The van der Waals surface area contributed by atoms with Crippen LogP contribution < -0.4 is 0 Å². The van der Waals surface area contributed by atoms with Crippen molar-refractivity contribution < 1.29 is 0 Å². The summed E-state index contributed by atoms with van der Waals surface area (Å²) in [4.78, 5) is 2.40. The maximum Gasteiger partial charge on any atom is 0.0124 e. The number of rotatable bonds is 3. The first kappa shape index (κ1) is 12.3. The molecule has 0 heterocycles. The molecule has 74 valence electrons. The van der Waals surface area contributed by atoms with Gasteiger partial charge in [0.25, 0.3) is 0 Å². The topological polar surface area (TPSA) is 3.24 Å². The summed E-state index contributed by atoms with van der Waals surface area (Å²) < 4.78 is 0. The summed E-state index contributed by atoms with van der Waals surface area (Å²) in [5.41, 5.74) is 0.266. The molecule has 0 radical (unpaired) electrons. The van der Waals surface area contributed by atoms with Gasteiger partial charge in [-0.2, -0.15) is 12.6 Å². The Bertz CT molecular complexity index is 126. The van der Waals surface area contributed by atoms with Crippen LogP contribution in [0.2, 0.25) is 0 Å². The third-order valence-electron chi connectivity index (χ3n) is 2.40. The van der Waals surface area contributed by atoms with Gasteiger partial charge in [0.15, 0.2) is 0 Å². The standard InChI is InChI=1S/C10H23NS/c1-8(7-9(2)12)11(6)10(3,4)5/h8-9,12H,7H2,1-6H3. The molecular weight excluding hydrogens is 166 g/mol. The molecular formula is C10H23NS. The summed E-state index contributed by atoms with van der Waals surface area (Å²) in [5, 5.41) is 0.491. The van der Waals surface area contributed by atoms with E-state index in [4.69, 9.17) is 0 Å². The quantitative estimate of drug-likeness (QED) is 0.668. The van der Waals surface area contributed by atoms with Crippen LogP contribution in [0.5, 0.6) is 0 Å². The molecule has 0 spiro atoms. The Labute approximate surface area is 82.9 Å². The highest BCUT2D eigenvalue weighted by atomic mass is 32.1. The molecule has 0 rings (SSSR count). The van der Waals surface area contributed by atoms with Crippen LogP contribution in [-0.2, 0) is 0 Å². The van der Waals surface area contributed by atoms with Crippen molar-refractivity contribution in [3.8, 4) is 0 Å². The Balaban J connectivity index is 4.01. The van der Waals surface area contributed by atoms with Crippen molar-refractivity contribution >= 4 is 12.6 Å². The summed E-state index contributed by atoms with van der Waals surface area (Å²) in [5.74, 6) is 0. The van der Waals surface area contributed by atoms with E-state index in [1.54, 1.807) is 0 Å². The second-order valence-corrected chi connectivity index (χ2v) is 5.60. The monoisotopic (exact) mass is 189 g/mol. The molecule has 0 amide bonds. The van der Waals surface area contributed by atoms with E-state index in [-0.39, 0.29) is 5.54 Å². The molecule has 2 atom stereocenters. The van der Waals surface area contributed by atoms with Crippen LogP contribution in [0.25, 0.3) is 0 Å². The van der Waals surface area contributed by atoms with E-state index in [0.717, 1.165) is 6.42 Å². The minimum absolute atomic E-state index is 0.266. The van der Waals surface area contributed by atoms with Crippen molar-refractivity contribution in [1.29, 1.82) is 0 Å². The van der Waals surface area contributed by atoms with E-state index in [2.05, 4.69) is 59.2 Å². The Hall–Kier alpha value is 0.310. The lowest BCUT2D eigenvalue weighted by molar-refractivity contribution is 0.121. The molecule has 0 aromatic carbocycles. The summed E-state index contributed by atoms with van der Waals surface area (Å²) in [6, 6.07) is 0.609. The minimum Gasteiger partial charge on any atom is -0.299 e. The van der Waals surface area contributed by atoms with Gasteiger partial charge in [-0.3, -0.25) is 4.90 Å². The van der Waals surface area contributed by atoms with Gasteiger partial charge >= 0.3 is 0 Å². The zero-order chi connectivity index (χ0) is 9.94. The van der Waals surface area contributed by atoms with Crippen LogP contribution in [0.1, 0.15) is 41.0 Å². The van der Waals surface area contributed by atoms with Gasteiger partial charge in [-0.05, 0) is 41.2 Å². The van der Waals surface area contributed by atoms with E-state index >= 15 is 0 Å². The molecule has 12 heavy (non-hydrogen) atoms. The van der Waals surface area contributed by atoms with Crippen LogP contribution in [-0.4, -0.2) is 28.8 Å². The van der Waals surface area contributed by atoms with Crippen molar-refractivity contribution in [3.63, 3.8) is 0 Å². The van der Waals surface area contributed by atoms with E-state index < -0.39 is 0 Å². The van der Waals surface area contributed by atoms with Crippen molar-refractivity contribution in [2.45, 2.75) is 57.9 Å². The summed E-state index contributed by atoms with van der Waals surface area (Å²) in [7, 11) is 2.18. The van der Waals surface area contributed by atoms with Crippen LogP contribution in [0.4, 0.5) is 0 Å². The molecule has 0 bridgehead atoms. The minimum atomic E-state index is 0.266. The fourth-order valence-electron chi connectivity index (χ4n) is 1.31. The maximum absolute atomic E-state index is 4.40. The smallest absolute Gasteiger partial charge is 0.0124 e. The average molecular weight is 189 g/mol. The van der Waals surface area contributed by atoms with Crippen molar-refractivity contribution in [1.82, 2.24) is 4.90 Å². The highest BCUT2D eigenvalue weighted by Crippen LogP contribution is 2.18. The second kappa shape index (κ2) is 4.52. The molecule has 0 aliphatic carbocycles. The molecule has 1 nitrogen and oxygen atoms in total. The predicted octanol–water partition coefficient (Wildman–Crippen LogP) is 2.81. The van der Waals surface area contributed by atoms with Gasteiger partial charge < -0.3 is 0 Å². The lowest BCUT2D eigenvalue weighted by atomic mass is 10.0. The molecule has 0 saturated carbocycles. The molecule has 0 N–H and O–H groups in total. The Morgan fingerprint density at radius 3 is 1.92 bits per heavy atom. The fourth-order valence-corrected chi connectivity index (χ4v) is 1.62. The average Bonchev–Trinajstić information content (AvgIpc) is 1.82. The zero-order valence-corrected chi connectivity index (χ0v) is 10.2. The van der Waals surface area contributed by atoms with Crippen LogP contribution in [0.15, 0.2) is 0 Å². The molecule has 0 aliphatic rings. The highest BCUT2D eigenvalue weighted by Gasteiger charge is 2.22. The van der Waals surface area contributed by atoms with Gasteiger partial charge in [0.05, 0.1) is 0 Å². The Morgan fingerprint density at radius 1 is 1.25 bits per heavy atom. The third-order valence-corrected chi connectivity index (χ3v) is 2.61. The van der Waals surface area contributed by atoms with Crippen molar-refractivity contribution in [2.24, 2.45) is 0 Å². The molecule has 2 heteroatoms. The first-order valence-corrected chi connectivity index (χ1v) is 5.17. The van der Waals surface area contributed by atoms with Crippen molar-refractivity contribution in [3.05, 3.63) is 0 Å². The maximum atomic E-state index is 4.40. The Kier molecular flexibility index (Phi) is 4.64. The van der Waals surface area contributed by atoms with E-state index in [0.29, 0.717) is 11.3 Å². The molecule has 0 fully saturated rings. The van der Waals surface area contributed by atoms with Gasteiger partial charge in [-0.15, -0.1) is 0 Å². The normalized spacial score (nSPS) is 18.0. The summed E-state index contributed by atoms with van der Waals surface area (Å²) in [6.07, 6.45) is 1.15. The second-order valence-electron chi connectivity index (χ2n) is 4.72. The molecule has 0 aromatic heterocycles. The number of nitrogens with zero attached hydrogens (tertiary/aromatic N) is 1. The number of hydrogen-bond acceptors (Lipinski definition) is 2. The predicted molar refractivity (Wildman–Crippen MR) is 60.0 cm³/mol. The third kappa shape index (κ3) is 4.36. The Morgan fingerprint density at radius 2 is 1.67 bits per heavy atom. The van der Waals surface area contributed by atoms with E-state index in [1.165, 1.54) is 0 Å². The van der Waals surface area contributed by atoms with Gasteiger partial charge in [0.2, 0.25) is 0 Å². The highest BCUT2D eigenvalue weighted by molar-refractivity contribution is 7.80. The molecule has 2 unspecified atom stereocenters. The van der Waals surface area contributed by atoms with Gasteiger partial charge in [0, 0.05) is 16.8 Å². The van der Waals surface area contributed by atoms with Crippen molar-refractivity contribution in [2.75, 3.05) is 7.05 Å². The van der Waals surface area contributed by atoms with Crippen LogP contribution in [0, 0.1) is 0 Å². The SMILES string of the molecule is CC(S)CC(C)N(C)C(C)(C)C. The summed E-state index contributed by atoms with van der Waals surface area (Å²) in [6.45, 7) is 11.1. The van der Waals surface area contributed by atoms with Gasteiger partial charge in [-0.1, -0.05) is 6.92 Å². The number of thiol groups is 1. The van der Waals surface area contributed by atoms with Crippen LogP contribution >= 0.6 is 12.6 Å². The zero-order valence-electron chi connectivity index (χ0n) is 9.26. The lowest BCUT2D eigenvalue weighted by Crippen LogP contribution is -2.44. The number of hydrogen-bond donors (Lipinski definition) is 1. The van der Waals surface area contributed by atoms with Gasteiger partial charge in [-0.25, -0.2) is 0 Å². The molecule has 0 saturated heterocycles. The van der Waals surface area contributed by atoms with Crippen LogP contribution in [0.3, 0.4) is 0 Å². The largest absolute Gasteiger partial charge is 0.299 e. The lowest BCUT2D eigenvalue weighted by Gasteiger charge is -2.37.